The second-order valence-corrected chi connectivity index (χ2v) is 4.89. The number of carbonyl (C=O) groups excluding carboxylic acids is 2. The van der Waals surface area contributed by atoms with E-state index in [4.69, 9.17) is 4.74 Å². The standard InChI is InChI=1S/C13H18N2O3S/c1-5-15(7-9(3)4)12(16)10-8-19-11(14-10)13(17)18-6-2/h8H,3,5-7H2,1-2,4H3. The molecule has 0 aliphatic heterocycles. The summed E-state index contributed by atoms with van der Waals surface area (Å²) in [6.07, 6.45) is 0. The molecule has 19 heavy (non-hydrogen) atoms. The number of amides is 1. The fraction of sp³-hybridized carbons (Fsp3) is 0.462. The number of nitrogens with zero attached hydrogens (tertiary/aromatic N) is 2. The van der Waals surface area contributed by atoms with Gasteiger partial charge >= 0.3 is 5.97 Å². The Bertz CT molecular complexity index is 482. The van der Waals surface area contributed by atoms with E-state index < -0.39 is 5.97 Å². The highest BCUT2D eigenvalue weighted by Crippen LogP contribution is 2.13. The van der Waals surface area contributed by atoms with E-state index in [0.717, 1.165) is 16.9 Å². The number of aromatic nitrogens is 1. The number of hydrogen-bond donors (Lipinski definition) is 0. The molecule has 5 nitrogen and oxygen atoms in total. The molecular formula is C13H18N2O3S. The van der Waals surface area contributed by atoms with Crippen LogP contribution >= 0.6 is 11.3 Å². The Kier molecular flexibility index (Phi) is 5.69. The zero-order chi connectivity index (χ0) is 14.4. The maximum absolute atomic E-state index is 12.2. The molecule has 1 aromatic heterocycles. The Morgan fingerprint density at radius 2 is 2.16 bits per heavy atom. The molecule has 1 rings (SSSR count). The molecule has 0 aliphatic rings. The van der Waals surface area contributed by atoms with E-state index in [2.05, 4.69) is 11.6 Å². The molecule has 0 atom stereocenters. The first-order valence-electron chi connectivity index (χ1n) is 6.05. The molecule has 1 aromatic rings. The maximum Gasteiger partial charge on any atom is 0.367 e. The van der Waals surface area contributed by atoms with Crippen molar-refractivity contribution < 1.29 is 14.3 Å². The molecule has 0 aromatic carbocycles. The molecule has 0 saturated heterocycles. The SMILES string of the molecule is C=C(C)CN(CC)C(=O)c1csc(C(=O)OCC)n1. The van der Waals surface area contributed by atoms with Crippen molar-refractivity contribution in [1.29, 1.82) is 0 Å². The van der Waals surface area contributed by atoms with Gasteiger partial charge in [0.25, 0.3) is 5.91 Å². The van der Waals surface area contributed by atoms with Crippen molar-refractivity contribution in [2.24, 2.45) is 0 Å². The van der Waals surface area contributed by atoms with Gasteiger partial charge in [-0.2, -0.15) is 0 Å². The average molecular weight is 282 g/mol. The first-order valence-corrected chi connectivity index (χ1v) is 6.93. The van der Waals surface area contributed by atoms with Gasteiger partial charge in [-0.05, 0) is 20.8 Å². The summed E-state index contributed by atoms with van der Waals surface area (Å²) in [5, 5.41) is 1.78. The normalized spacial score (nSPS) is 10.1. The summed E-state index contributed by atoms with van der Waals surface area (Å²) in [6.45, 7) is 10.6. The highest BCUT2D eigenvalue weighted by atomic mass is 32.1. The molecule has 0 saturated carbocycles. The highest BCUT2D eigenvalue weighted by Gasteiger charge is 2.20. The number of thiazole rings is 1. The average Bonchev–Trinajstić information content (AvgIpc) is 2.84. The van der Waals surface area contributed by atoms with Gasteiger partial charge in [-0.25, -0.2) is 9.78 Å². The number of rotatable bonds is 6. The second kappa shape index (κ2) is 7.04. The lowest BCUT2D eigenvalue weighted by Crippen LogP contribution is -2.32. The summed E-state index contributed by atoms with van der Waals surface area (Å²) in [6, 6.07) is 0. The Hall–Kier alpha value is -1.69. The van der Waals surface area contributed by atoms with Crippen LogP contribution in [0.2, 0.25) is 0 Å². The van der Waals surface area contributed by atoms with E-state index in [1.54, 1.807) is 17.2 Å². The first-order chi connectivity index (χ1) is 8.99. The van der Waals surface area contributed by atoms with Gasteiger partial charge in [0.15, 0.2) is 0 Å². The molecule has 0 N–H and O–H groups in total. The van der Waals surface area contributed by atoms with Gasteiger partial charge in [-0.3, -0.25) is 4.79 Å². The van der Waals surface area contributed by atoms with Crippen molar-refractivity contribution in [3.8, 4) is 0 Å². The summed E-state index contributed by atoms with van der Waals surface area (Å²) >= 11 is 1.12. The lowest BCUT2D eigenvalue weighted by atomic mass is 10.3. The van der Waals surface area contributed by atoms with Crippen LogP contribution in [-0.2, 0) is 4.74 Å². The van der Waals surface area contributed by atoms with E-state index in [-0.39, 0.29) is 16.6 Å². The number of esters is 1. The first kappa shape index (κ1) is 15.4. The quantitative estimate of drug-likeness (QED) is 0.593. The van der Waals surface area contributed by atoms with Gasteiger partial charge in [0.2, 0.25) is 5.01 Å². The largest absolute Gasteiger partial charge is 0.461 e. The summed E-state index contributed by atoms with van der Waals surface area (Å²) in [4.78, 5) is 29.3. The topological polar surface area (TPSA) is 59.5 Å². The smallest absolute Gasteiger partial charge is 0.367 e. The Morgan fingerprint density at radius 1 is 1.47 bits per heavy atom. The maximum atomic E-state index is 12.2. The summed E-state index contributed by atoms with van der Waals surface area (Å²) in [5.41, 5.74) is 1.17. The van der Waals surface area contributed by atoms with Crippen molar-refractivity contribution in [2.45, 2.75) is 20.8 Å². The van der Waals surface area contributed by atoms with E-state index in [9.17, 15) is 9.59 Å². The van der Waals surface area contributed by atoms with Gasteiger partial charge in [0.05, 0.1) is 6.61 Å². The van der Waals surface area contributed by atoms with Crippen LogP contribution in [0.15, 0.2) is 17.5 Å². The van der Waals surface area contributed by atoms with Crippen LogP contribution in [0.5, 0.6) is 0 Å². The summed E-state index contributed by atoms with van der Waals surface area (Å²) < 4.78 is 4.84. The second-order valence-electron chi connectivity index (χ2n) is 4.03. The lowest BCUT2D eigenvalue weighted by molar-refractivity contribution is 0.0526. The van der Waals surface area contributed by atoms with Crippen LogP contribution in [0.4, 0.5) is 0 Å². The van der Waals surface area contributed by atoms with Crippen molar-refractivity contribution in [2.75, 3.05) is 19.7 Å². The molecule has 6 heteroatoms. The molecule has 0 radical (unpaired) electrons. The van der Waals surface area contributed by atoms with E-state index in [0.29, 0.717) is 19.7 Å². The van der Waals surface area contributed by atoms with Gasteiger partial charge < -0.3 is 9.64 Å². The molecule has 1 amide bonds. The third-order valence-corrected chi connectivity index (χ3v) is 3.13. The van der Waals surface area contributed by atoms with Crippen LogP contribution < -0.4 is 0 Å². The molecule has 0 fully saturated rings. The van der Waals surface area contributed by atoms with Crippen LogP contribution in [0, 0.1) is 0 Å². The van der Waals surface area contributed by atoms with Crippen molar-refractivity contribution in [3.05, 3.63) is 28.2 Å². The molecule has 0 unspecified atom stereocenters. The minimum absolute atomic E-state index is 0.197. The number of hydrogen-bond acceptors (Lipinski definition) is 5. The fourth-order valence-corrected chi connectivity index (χ4v) is 2.16. The van der Waals surface area contributed by atoms with Crippen molar-refractivity contribution >= 4 is 23.2 Å². The monoisotopic (exact) mass is 282 g/mol. The summed E-state index contributed by atoms with van der Waals surface area (Å²) in [7, 11) is 0. The predicted molar refractivity (Wildman–Crippen MR) is 74.5 cm³/mol. The van der Waals surface area contributed by atoms with Crippen molar-refractivity contribution in [1.82, 2.24) is 9.88 Å². The highest BCUT2D eigenvalue weighted by molar-refractivity contribution is 7.11. The molecule has 0 aliphatic carbocycles. The molecule has 0 bridgehead atoms. The predicted octanol–water partition coefficient (Wildman–Crippen LogP) is 2.36. The van der Waals surface area contributed by atoms with Gasteiger partial charge in [-0.1, -0.05) is 12.2 Å². The Balaban J connectivity index is 2.82. The zero-order valence-corrected chi connectivity index (χ0v) is 12.2. The zero-order valence-electron chi connectivity index (χ0n) is 11.4. The third kappa shape index (κ3) is 4.17. The van der Waals surface area contributed by atoms with Gasteiger partial charge in [0, 0.05) is 18.5 Å². The lowest BCUT2D eigenvalue weighted by Gasteiger charge is -2.19. The van der Waals surface area contributed by atoms with Gasteiger partial charge in [0.1, 0.15) is 5.69 Å². The van der Waals surface area contributed by atoms with Gasteiger partial charge in [-0.15, -0.1) is 11.3 Å². The fourth-order valence-electron chi connectivity index (χ4n) is 1.47. The minimum Gasteiger partial charge on any atom is -0.461 e. The molecule has 0 spiro atoms. The van der Waals surface area contributed by atoms with E-state index >= 15 is 0 Å². The van der Waals surface area contributed by atoms with Crippen LogP contribution in [0.25, 0.3) is 0 Å². The van der Waals surface area contributed by atoms with E-state index in [1.165, 1.54) is 0 Å². The summed E-state index contributed by atoms with van der Waals surface area (Å²) in [5.74, 6) is -0.688. The Labute approximate surface area is 116 Å². The minimum atomic E-state index is -0.491. The van der Waals surface area contributed by atoms with E-state index in [1.807, 2.05) is 13.8 Å². The molecular weight excluding hydrogens is 264 g/mol. The number of likely N-dealkylation sites (N-methyl/N-ethyl adjacent to an activating group) is 1. The Morgan fingerprint density at radius 3 is 2.68 bits per heavy atom. The molecule has 1 heterocycles. The third-order valence-electron chi connectivity index (χ3n) is 2.30. The van der Waals surface area contributed by atoms with Crippen LogP contribution in [0.3, 0.4) is 0 Å². The molecule has 104 valence electrons. The van der Waals surface area contributed by atoms with Crippen LogP contribution in [0.1, 0.15) is 41.1 Å². The van der Waals surface area contributed by atoms with Crippen molar-refractivity contribution in [3.63, 3.8) is 0 Å². The number of ether oxygens (including phenoxy) is 1. The number of carbonyl (C=O) groups is 2. The van der Waals surface area contributed by atoms with Crippen LogP contribution in [-0.4, -0.2) is 41.5 Å².